The van der Waals surface area contributed by atoms with Gasteiger partial charge in [-0.05, 0) is 67.9 Å². The van der Waals surface area contributed by atoms with Gasteiger partial charge in [0.15, 0.2) is 0 Å². The van der Waals surface area contributed by atoms with Gasteiger partial charge in [0.1, 0.15) is 0 Å². The highest BCUT2D eigenvalue weighted by Crippen LogP contribution is 2.64. The van der Waals surface area contributed by atoms with Crippen LogP contribution in [0, 0.1) is 17.3 Å². The molecule has 0 heterocycles. The van der Waals surface area contributed by atoms with Crippen LogP contribution in [0.3, 0.4) is 0 Å². The third kappa shape index (κ3) is 1.78. The standard InChI is InChI=1S/C19H27NO/c20-13-18(12-14-8-9-16(18)11-14)19(21)10-4-3-6-15-5-1-2-7-17(15)19/h1-2,5,7,14,16,21H,3-4,6,8-13,20H2. The van der Waals surface area contributed by atoms with Crippen LogP contribution >= 0.6 is 0 Å². The molecule has 3 aliphatic rings. The first kappa shape index (κ1) is 13.8. The lowest BCUT2D eigenvalue weighted by Gasteiger charge is -2.50. The van der Waals surface area contributed by atoms with Crippen LogP contribution < -0.4 is 5.73 Å². The van der Waals surface area contributed by atoms with Crippen molar-refractivity contribution in [1.29, 1.82) is 0 Å². The zero-order valence-electron chi connectivity index (χ0n) is 12.9. The average molecular weight is 285 g/mol. The number of rotatable bonds is 2. The van der Waals surface area contributed by atoms with E-state index in [-0.39, 0.29) is 5.41 Å². The number of aryl methyl sites for hydroxylation is 1. The summed E-state index contributed by atoms with van der Waals surface area (Å²) in [5.74, 6) is 1.43. The lowest BCUT2D eigenvalue weighted by atomic mass is 9.58. The minimum atomic E-state index is -0.700. The van der Waals surface area contributed by atoms with Crippen LogP contribution in [0.1, 0.15) is 56.1 Å². The lowest BCUT2D eigenvalue weighted by Crippen LogP contribution is -2.53. The normalized spacial score (nSPS) is 41.8. The van der Waals surface area contributed by atoms with Gasteiger partial charge in [-0.1, -0.05) is 30.7 Å². The fraction of sp³-hybridized carbons (Fsp3) is 0.684. The molecule has 2 fully saturated rings. The summed E-state index contributed by atoms with van der Waals surface area (Å²) < 4.78 is 0. The van der Waals surface area contributed by atoms with Crippen molar-refractivity contribution in [3.8, 4) is 0 Å². The zero-order chi connectivity index (χ0) is 14.5. The van der Waals surface area contributed by atoms with E-state index in [4.69, 9.17) is 5.73 Å². The monoisotopic (exact) mass is 285 g/mol. The summed E-state index contributed by atoms with van der Waals surface area (Å²) in [6, 6.07) is 8.58. The molecule has 0 amide bonds. The van der Waals surface area contributed by atoms with Crippen molar-refractivity contribution in [3.63, 3.8) is 0 Å². The van der Waals surface area contributed by atoms with Crippen molar-refractivity contribution < 1.29 is 5.11 Å². The molecule has 1 aromatic carbocycles. The van der Waals surface area contributed by atoms with Gasteiger partial charge in [-0.2, -0.15) is 0 Å². The SMILES string of the molecule is NCC1(C2(O)CCCCc3ccccc32)CC2CCC1C2. The average Bonchev–Trinajstić information content (AvgIpc) is 3.08. The van der Waals surface area contributed by atoms with Crippen molar-refractivity contribution in [3.05, 3.63) is 35.4 Å². The minimum absolute atomic E-state index is 0.0731. The Kier molecular flexibility index (Phi) is 3.16. The van der Waals surface area contributed by atoms with E-state index in [9.17, 15) is 5.11 Å². The Bertz CT molecular complexity index is 542. The van der Waals surface area contributed by atoms with Crippen LogP contribution in [0.4, 0.5) is 0 Å². The molecule has 0 aliphatic heterocycles. The number of benzene rings is 1. The molecule has 4 unspecified atom stereocenters. The summed E-state index contributed by atoms with van der Waals surface area (Å²) in [5, 5.41) is 11.9. The maximum absolute atomic E-state index is 11.9. The third-order valence-corrected chi connectivity index (χ3v) is 6.86. The first-order valence-corrected chi connectivity index (χ1v) is 8.70. The fourth-order valence-electron chi connectivity index (χ4n) is 5.86. The number of hydrogen-bond donors (Lipinski definition) is 2. The highest BCUT2D eigenvalue weighted by molar-refractivity contribution is 5.37. The summed E-state index contributed by atoms with van der Waals surface area (Å²) in [7, 11) is 0. The van der Waals surface area contributed by atoms with E-state index >= 15 is 0 Å². The number of aliphatic hydroxyl groups is 1. The Hall–Kier alpha value is -0.860. The molecule has 2 heteroatoms. The quantitative estimate of drug-likeness (QED) is 0.818. The van der Waals surface area contributed by atoms with Crippen molar-refractivity contribution >= 4 is 0 Å². The fourth-order valence-corrected chi connectivity index (χ4v) is 5.86. The van der Waals surface area contributed by atoms with Gasteiger partial charge in [-0.15, -0.1) is 0 Å². The molecule has 114 valence electrons. The second kappa shape index (κ2) is 4.82. The maximum atomic E-state index is 11.9. The summed E-state index contributed by atoms with van der Waals surface area (Å²) in [6.07, 6.45) is 9.35. The molecule has 0 saturated heterocycles. The van der Waals surface area contributed by atoms with Crippen molar-refractivity contribution in [1.82, 2.24) is 0 Å². The molecule has 2 bridgehead atoms. The van der Waals surface area contributed by atoms with Gasteiger partial charge in [0, 0.05) is 12.0 Å². The molecule has 4 rings (SSSR count). The van der Waals surface area contributed by atoms with E-state index in [2.05, 4.69) is 24.3 Å². The molecule has 3 N–H and O–H groups in total. The molecule has 0 aromatic heterocycles. The molecular weight excluding hydrogens is 258 g/mol. The predicted octanol–water partition coefficient (Wildman–Crippen LogP) is 3.37. The number of nitrogens with two attached hydrogens (primary N) is 1. The molecule has 2 nitrogen and oxygen atoms in total. The van der Waals surface area contributed by atoms with Gasteiger partial charge in [-0.3, -0.25) is 0 Å². The van der Waals surface area contributed by atoms with Crippen LogP contribution in [-0.2, 0) is 12.0 Å². The Balaban J connectivity index is 1.85. The molecular formula is C19H27NO. The lowest BCUT2D eigenvalue weighted by molar-refractivity contribution is -0.122. The molecule has 21 heavy (non-hydrogen) atoms. The van der Waals surface area contributed by atoms with Crippen LogP contribution in [0.2, 0.25) is 0 Å². The van der Waals surface area contributed by atoms with E-state index < -0.39 is 5.60 Å². The zero-order valence-corrected chi connectivity index (χ0v) is 12.9. The molecule has 3 aliphatic carbocycles. The maximum Gasteiger partial charge on any atom is 0.0969 e. The minimum Gasteiger partial charge on any atom is -0.385 e. The van der Waals surface area contributed by atoms with Gasteiger partial charge >= 0.3 is 0 Å². The Morgan fingerprint density at radius 1 is 1.19 bits per heavy atom. The second-order valence-corrected chi connectivity index (χ2v) is 7.66. The summed E-state index contributed by atoms with van der Waals surface area (Å²) >= 11 is 0. The van der Waals surface area contributed by atoms with Crippen LogP contribution in [-0.4, -0.2) is 11.7 Å². The Labute approximate surface area is 127 Å². The number of fused-ring (bicyclic) bond motifs is 3. The first-order chi connectivity index (χ1) is 10.2. The van der Waals surface area contributed by atoms with E-state index in [1.54, 1.807) is 0 Å². The van der Waals surface area contributed by atoms with E-state index in [1.165, 1.54) is 36.8 Å². The predicted molar refractivity (Wildman–Crippen MR) is 84.8 cm³/mol. The van der Waals surface area contributed by atoms with E-state index in [0.29, 0.717) is 12.5 Å². The van der Waals surface area contributed by atoms with E-state index in [1.807, 2.05) is 0 Å². The summed E-state index contributed by atoms with van der Waals surface area (Å²) in [4.78, 5) is 0. The van der Waals surface area contributed by atoms with Gasteiger partial charge in [0.25, 0.3) is 0 Å². The molecule has 4 atom stereocenters. The van der Waals surface area contributed by atoms with Gasteiger partial charge < -0.3 is 10.8 Å². The van der Waals surface area contributed by atoms with E-state index in [0.717, 1.165) is 31.6 Å². The first-order valence-electron chi connectivity index (χ1n) is 8.70. The highest BCUT2D eigenvalue weighted by atomic mass is 16.3. The molecule has 2 saturated carbocycles. The van der Waals surface area contributed by atoms with Gasteiger partial charge in [0.2, 0.25) is 0 Å². The Morgan fingerprint density at radius 3 is 2.76 bits per heavy atom. The van der Waals surface area contributed by atoms with Gasteiger partial charge in [0.05, 0.1) is 5.60 Å². The molecule has 0 spiro atoms. The second-order valence-electron chi connectivity index (χ2n) is 7.66. The van der Waals surface area contributed by atoms with Crippen LogP contribution in [0.5, 0.6) is 0 Å². The largest absolute Gasteiger partial charge is 0.385 e. The smallest absolute Gasteiger partial charge is 0.0969 e. The third-order valence-electron chi connectivity index (χ3n) is 6.86. The summed E-state index contributed by atoms with van der Waals surface area (Å²) in [5.41, 5.74) is 8.10. The number of hydrogen-bond acceptors (Lipinski definition) is 2. The van der Waals surface area contributed by atoms with Crippen LogP contribution in [0.25, 0.3) is 0 Å². The van der Waals surface area contributed by atoms with Crippen molar-refractivity contribution in [2.45, 2.75) is 57.0 Å². The summed E-state index contributed by atoms with van der Waals surface area (Å²) in [6.45, 7) is 0.638. The topological polar surface area (TPSA) is 46.2 Å². The molecule has 1 aromatic rings. The van der Waals surface area contributed by atoms with Crippen LogP contribution in [0.15, 0.2) is 24.3 Å². The Morgan fingerprint density at radius 2 is 2.05 bits per heavy atom. The molecule has 0 radical (unpaired) electrons. The van der Waals surface area contributed by atoms with Crippen molar-refractivity contribution in [2.24, 2.45) is 23.0 Å². The van der Waals surface area contributed by atoms with Crippen molar-refractivity contribution in [2.75, 3.05) is 6.54 Å². The highest BCUT2D eigenvalue weighted by Gasteiger charge is 2.61. The van der Waals surface area contributed by atoms with Gasteiger partial charge in [-0.25, -0.2) is 0 Å².